The first-order valence-electron chi connectivity index (χ1n) is 4.04. The van der Waals surface area contributed by atoms with E-state index in [0.29, 0.717) is 10.9 Å². The molecule has 1 aromatic carbocycles. The highest BCUT2D eigenvalue weighted by atomic mass is 16.6. The number of benzene rings is 1. The maximum Gasteiger partial charge on any atom is 0.273 e. The largest absolute Gasteiger partial charge is 0.505 e. The predicted octanol–water partition coefficient (Wildman–Crippen LogP) is 2.09. The van der Waals surface area contributed by atoms with Crippen molar-refractivity contribution in [2.45, 2.75) is 6.92 Å². The molecule has 2 aromatic rings. The number of H-pyrrole nitrogens is 1. The first kappa shape index (κ1) is 8.55. The number of aryl methyl sites for hydroxylation is 1. The van der Waals surface area contributed by atoms with Gasteiger partial charge in [0.1, 0.15) is 5.75 Å². The van der Waals surface area contributed by atoms with Crippen molar-refractivity contribution in [2.75, 3.05) is 0 Å². The van der Waals surface area contributed by atoms with E-state index in [1.165, 1.54) is 6.07 Å². The zero-order valence-corrected chi connectivity index (χ0v) is 7.44. The molecule has 0 amide bonds. The van der Waals surface area contributed by atoms with Crippen molar-refractivity contribution in [3.8, 4) is 5.75 Å². The Labute approximate surface area is 79.1 Å². The highest BCUT2D eigenvalue weighted by molar-refractivity contribution is 5.88. The van der Waals surface area contributed by atoms with Crippen LogP contribution in [0.5, 0.6) is 5.75 Å². The van der Waals surface area contributed by atoms with E-state index in [-0.39, 0.29) is 11.4 Å². The first-order valence-corrected chi connectivity index (χ1v) is 4.04. The molecule has 0 saturated heterocycles. The van der Waals surface area contributed by atoms with Crippen LogP contribution in [-0.4, -0.2) is 15.0 Å². The fourth-order valence-electron chi connectivity index (χ4n) is 1.46. The standard InChI is InChI=1S/C9H8N2O3/c1-5-2-6-3-7(11(13)14)4-8(12)9(6)10-5/h2-4,10,12H,1H3. The Hall–Kier alpha value is -2.04. The average molecular weight is 192 g/mol. The summed E-state index contributed by atoms with van der Waals surface area (Å²) in [6, 6.07) is 4.32. The summed E-state index contributed by atoms with van der Waals surface area (Å²) in [6.07, 6.45) is 0. The van der Waals surface area contributed by atoms with Gasteiger partial charge < -0.3 is 10.1 Å². The molecular weight excluding hydrogens is 184 g/mol. The molecule has 0 atom stereocenters. The van der Waals surface area contributed by atoms with Crippen molar-refractivity contribution >= 4 is 16.6 Å². The summed E-state index contributed by atoms with van der Waals surface area (Å²) in [6.45, 7) is 1.82. The van der Waals surface area contributed by atoms with Crippen LogP contribution in [-0.2, 0) is 0 Å². The normalized spacial score (nSPS) is 10.6. The second-order valence-electron chi connectivity index (χ2n) is 3.14. The number of nitrogens with zero attached hydrogens (tertiary/aromatic N) is 1. The first-order chi connectivity index (χ1) is 6.58. The Balaban J connectivity index is 2.77. The Morgan fingerprint density at radius 3 is 2.79 bits per heavy atom. The summed E-state index contributed by atoms with van der Waals surface area (Å²) in [5.41, 5.74) is 1.29. The molecule has 1 aromatic heterocycles. The van der Waals surface area contributed by atoms with Gasteiger partial charge in [0.2, 0.25) is 0 Å². The second kappa shape index (κ2) is 2.73. The number of phenolic OH excluding ortho intramolecular Hbond substituents is 1. The van der Waals surface area contributed by atoms with Crippen LogP contribution in [0.2, 0.25) is 0 Å². The SMILES string of the molecule is Cc1cc2cc([N+](=O)[O-])cc(O)c2[nH]1. The van der Waals surface area contributed by atoms with Crippen molar-refractivity contribution in [1.29, 1.82) is 0 Å². The van der Waals surface area contributed by atoms with Crippen molar-refractivity contribution in [2.24, 2.45) is 0 Å². The van der Waals surface area contributed by atoms with Crippen molar-refractivity contribution in [1.82, 2.24) is 4.98 Å². The number of aromatic amines is 1. The lowest BCUT2D eigenvalue weighted by atomic mass is 10.2. The van der Waals surface area contributed by atoms with E-state index in [9.17, 15) is 15.2 Å². The second-order valence-corrected chi connectivity index (χ2v) is 3.14. The molecule has 2 rings (SSSR count). The van der Waals surface area contributed by atoms with Gasteiger partial charge in [-0.15, -0.1) is 0 Å². The van der Waals surface area contributed by atoms with E-state index < -0.39 is 4.92 Å². The summed E-state index contributed by atoms with van der Waals surface area (Å²) >= 11 is 0. The fourth-order valence-corrected chi connectivity index (χ4v) is 1.46. The number of hydrogen-bond donors (Lipinski definition) is 2. The molecule has 2 N–H and O–H groups in total. The van der Waals surface area contributed by atoms with Gasteiger partial charge in [-0.2, -0.15) is 0 Å². The predicted molar refractivity (Wildman–Crippen MR) is 51.4 cm³/mol. The summed E-state index contributed by atoms with van der Waals surface area (Å²) in [5.74, 6) is -0.0951. The summed E-state index contributed by atoms with van der Waals surface area (Å²) in [5, 5.41) is 20.6. The highest BCUT2D eigenvalue weighted by Crippen LogP contribution is 2.29. The number of nitro benzene ring substituents is 1. The van der Waals surface area contributed by atoms with Crippen molar-refractivity contribution < 1.29 is 10.0 Å². The van der Waals surface area contributed by atoms with Gasteiger partial charge in [0, 0.05) is 17.1 Å². The molecule has 5 heteroatoms. The molecule has 0 aliphatic heterocycles. The van der Waals surface area contributed by atoms with Crippen molar-refractivity contribution in [3.63, 3.8) is 0 Å². The Morgan fingerprint density at radius 2 is 2.14 bits per heavy atom. The molecule has 0 aliphatic carbocycles. The number of nitrogens with one attached hydrogen (secondary N) is 1. The lowest BCUT2D eigenvalue weighted by Crippen LogP contribution is -1.86. The molecule has 1 heterocycles. The molecule has 0 aliphatic rings. The van der Waals surface area contributed by atoms with Crippen LogP contribution in [0.3, 0.4) is 0 Å². The summed E-state index contributed by atoms with van der Waals surface area (Å²) in [4.78, 5) is 12.9. The van der Waals surface area contributed by atoms with Crippen LogP contribution in [0.1, 0.15) is 5.69 Å². The van der Waals surface area contributed by atoms with Gasteiger partial charge in [-0.25, -0.2) is 0 Å². The van der Waals surface area contributed by atoms with E-state index in [1.807, 2.05) is 6.92 Å². The minimum atomic E-state index is -0.526. The maximum atomic E-state index is 10.5. The fraction of sp³-hybridized carbons (Fsp3) is 0.111. The summed E-state index contributed by atoms with van der Waals surface area (Å²) < 4.78 is 0. The van der Waals surface area contributed by atoms with Gasteiger partial charge in [-0.1, -0.05) is 0 Å². The molecule has 5 nitrogen and oxygen atoms in total. The Morgan fingerprint density at radius 1 is 1.43 bits per heavy atom. The van der Waals surface area contributed by atoms with Gasteiger partial charge in [-0.05, 0) is 13.0 Å². The van der Waals surface area contributed by atoms with Crippen LogP contribution < -0.4 is 0 Å². The number of aromatic nitrogens is 1. The maximum absolute atomic E-state index is 10.5. The van der Waals surface area contributed by atoms with Crippen LogP contribution >= 0.6 is 0 Å². The number of aromatic hydroxyl groups is 1. The zero-order chi connectivity index (χ0) is 10.3. The van der Waals surface area contributed by atoms with Gasteiger partial charge in [0.25, 0.3) is 5.69 Å². The Kier molecular flexibility index (Phi) is 1.67. The van der Waals surface area contributed by atoms with E-state index in [2.05, 4.69) is 4.98 Å². The van der Waals surface area contributed by atoms with E-state index in [1.54, 1.807) is 6.07 Å². The van der Waals surface area contributed by atoms with Crippen LogP contribution in [0.25, 0.3) is 10.9 Å². The lowest BCUT2D eigenvalue weighted by molar-refractivity contribution is -0.384. The van der Waals surface area contributed by atoms with Crippen LogP contribution in [0.4, 0.5) is 5.69 Å². The number of hydrogen-bond acceptors (Lipinski definition) is 3. The topological polar surface area (TPSA) is 79.2 Å². The molecule has 0 saturated carbocycles. The number of rotatable bonds is 1. The molecule has 0 bridgehead atoms. The monoisotopic (exact) mass is 192 g/mol. The minimum absolute atomic E-state index is 0.0951. The quantitative estimate of drug-likeness (QED) is 0.536. The lowest BCUT2D eigenvalue weighted by Gasteiger charge is -1.95. The Bertz CT molecular complexity index is 516. The van der Waals surface area contributed by atoms with Gasteiger partial charge >= 0.3 is 0 Å². The number of nitro groups is 1. The van der Waals surface area contributed by atoms with Crippen LogP contribution in [0.15, 0.2) is 18.2 Å². The van der Waals surface area contributed by atoms with E-state index in [4.69, 9.17) is 0 Å². The molecule has 0 fully saturated rings. The molecule has 0 radical (unpaired) electrons. The highest BCUT2D eigenvalue weighted by Gasteiger charge is 2.12. The van der Waals surface area contributed by atoms with E-state index >= 15 is 0 Å². The van der Waals surface area contributed by atoms with Crippen molar-refractivity contribution in [3.05, 3.63) is 34.0 Å². The van der Waals surface area contributed by atoms with Gasteiger partial charge in [0.15, 0.2) is 0 Å². The van der Waals surface area contributed by atoms with Crippen LogP contribution in [0, 0.1) is 17.0 Å². The third-order valence-corrected chi connectivity index (χ3v) is 2.04. The average Bonchev–Trinajstić information content (AvgIpc) is 2.45. The number of fused-ring (bicyclic) bond motifs is 1. The van der Waals surface area contributed by atoms with Gasteiger partial charge in [0.05, 0.1) is 16.5 Å². The number of phenols is 1. The third-order valence-electron chi connectivity index (χ3n) is 2.04. The molecule has 0 spiro atoms. The smallest absolute Gasteiger partial charge is 0.273 e. The molecule has 14 heavy (non-hydrogen) atoms. The number of non-ortho nitro benzene ring substituents is 1. The molecule has 72 valence electrons. The summed E-state index contributed by atoms with van der Waals surface area (Å²) in [7, 11) is 0. The molecule has 0 unspecified atom stereocenters. The molecular formula is C9H8N2O3. The zero-order valence-electron chi connectivity index (χ0n) is 7.44. The van der Waals surface area contributed by atoms with E-state index in [0.717, 1.165) is 11.8 Å². The van der Waals surface area contributed by atoms with Gasteiger partial charge in [-0.3, -0.25) is 10.1 Å². The minimum Gasteiger partial charge on any atom is -0.505 e. The third kappa shape index (κ3) is 1.19.